The zero-order valence-electron chi connectivity index (χ0n) is 11.7. The number of carbonyl (C=O) groups is 1. The molecule has 1 fully saturated rings. The molecule has 3 rings (SSSR count). The van der Waals surface area contributed by atoms with Gasteiger partial charge in [-0.2, -0.15) is 0 Å². The van der Waals surface area contributed by atoms with Crippen molar-refractivity contribution in [3.63, 3.8) is 0 Å². The maximum absolute atomic E-state index is 11.4. The molecule has 2 aromatic carbocycles. The highest BCUT2D eigenvalue weighted by Gasteiger charge is 2.25. The molecule has 0 aromatic heterocycles. The maximum Gasteiger partial charge on any atom is 0.336 e. The molecule has 3 nitrogen and oxygen atoms in total. The lowest BCUT2D eigenvalue weighted by molar-refractivity contribution is 0.0699. The molecule has 1 heterocycles. The Balaban J connectivity index is 2.18. The van der Waals surface area contributed by atoms with E-state index >= 15 is 0 Å². The molecule has 0 saturated carbocycles. The van der Waals surface area contributed by atoms with Crippen molar-refractivity contribution in [2.75, 3.05) is 11.4 Å². The van der Waals surface area contributed by atoms with Crippen LogP contribution >= 0.6 is 0 Å². The van der Waals surface area contributed by atoms with Crippen LogP contribution < -0.4 is 4.90 Å². The van der Waals surface area contributed by atoms with Gasteiger partial charge in [0.2, 0.25) is 0 Å². The smallest absolute Gasteiger partial charge is 0.336 e. The van der Waals surface area contributed by atoms with Gasteiger partial charge in [0.1, 0.15) is 0 Å². The molecular formula is C17H19NO2. The molecule has 20 heavy (non-hydrogen) atoms. The highest BCUT2D eigenvalue weighted by atomic mass is 16.4. The van der Waals surface area contributed by atoms with Gasteiger partial charge in [0.15, 0.2) is 0 Å². The van der Waals surface area contributed by atoms with Crippen molar-refractivity contribution in [1.82, 2.24) is 0 Å². The first-order valence-corrected chi connectivity index (χ1v) is 7.24. The summed E-state index contributed by atoms with van der Waals surface area (Å²) in [5.41, 5.74) is 1.56. The average molecular weight is 269 g/mol. The summed E-state index contributed by atoms with van der Waals surface area (Å²) in [5, 5.41) is 11.2. The standard InChI is InChI=1S/C17H19NO2/c1-2-12-6-5-11-18(12)16-10-9-15(17(19)20)13-7-3-4-8-14(13)16/h3-4,7-10,12H,2,5-6,11H2,1H3,(H,19,20). The zero-order valence-corrected chi connectivity index (χ0v) is 11.7. The third-order valence-electron chi connectivity index (χ3n) is 4.29. The van der Waals surface area contributed by atoms with Crippen LogP contribution in [0.25, 0.3) is 10.8 Å². The van der Waals surface area contributed by atoms with E-state index in [0.717, 1.165) is 23.7 Å². The van der Waals surface area contributed by atoms with Crippen molar-refractivity contribution in [2.24, 2.45) is 0 Å². The van der Waals surface area contributed by atoms with Gasteiger partial charge in [-0.05, 0) is 36.8 Å². The number of benzene rings is 2. The molecule has 1 saturated heterocycles. The van der Waals surface area contributed by atoms with E-state index in [4.69, 9.17) is 0 Å². The molecule has 3 heteroatoms. The fourth-order valence-corrected chi connectivity index (χ4v) is 3.30. The number of carboxylic acid groups (broad SMARTS) is 1. The molecule has 1 unspecified atom stereocenters. The lowest BCUT2D eigenvalue weighted by Gasteiger charge is -2.27. The summed E-state index contributed by atoms with van der Waals surface area (Å²) in [5.74, 6) is -0.860. The molecular weight excluding hydrogens is 250 g/mol. The molecule has 2 aromatic rings. The van der Waals surface area contributed by atoms with Crippen LogP contribution in [-0.4, -0.2) is 23.7 Å². The van der Waals surface area contributed by atoms with Crippen LogP contribution in [0.15, 0.2) is 36.4 Å². The third kappa shape index (κ3) is 2.03. The predicted molar refractivity (Wildman–Crippen MR) is 81.6 cm³/mol. The lowest BCUT2D eigenvalue weighted by Crippen LogP contribution is -2.28. The fourth-order valence-electron chi connectivity index (χ4n) is 3.30. The van der Waals surface area contributed by atoms with Crippen LogP contribution in [0, 0.1) is 0 Å². The minimum Gasteiger partial charge on any atom is -0.478 e. The summed E-state index contributed by atoms with van der Waals surface area (Å²) in [6, 6.07) is 12.1. The monoisotopic (exact) mass is 269 g/mol. The Hall–Kier alpha value is -2.03. The molecule has 0 radical (unpaired) electrons. The number of aromatic carboxylic acids is 1. The molecule has 1 aliphatic heterocycles. The summed E-state index contributed by atoms with van der Waals surface area (Å²) in [6.07, 6.45) is 3.58. The van der Waals surface area contributed by atoms with Gasteiger partial charge in [0.05, 0.1) is 5.56 Å². The maximum atomic E-state index is 11.4. The second-order valence-electron chi connectivity index (χ2n) is 5.38. The van der Waals surface area contributed by atoms with E-state index in [2.05, 4.69) is 11.8 Å². The quantitative estimate of drug-likeness (QED) is 0.918. The molecule has 104 valence electrons. The summed E-state index contributed by atoms with van der Waals surface area (Å²) < 4.78 is 0. The number of hydrogen-bond donors (Lipinski definition) is 1. The second kappa shape index (κ2) is 5.16. The van der Waals surface area contributed by atoms with E-state index in [1.165, 1.54) is 18.5 Å². The van der Waals surface area contributed by atoms with Crippen molar-refractivity contribution in [2.45, 2.75) is 32.2 Å². The van der Waals surface area contributed by atoms with Gasteiger partial charge in [-0.1, -0.05) is 31.2 Å². The van der Waals surface area contributed by atoms with Gasteiger partial charge in [-0.25, -0.2) is 4.79 Å². The summed E-state index contributed by atoms with van der Waals surface area (Å²) in [6.45, 7) is 3.28. The minimum atomic E-state index is -0.860. The van der Waals surface area contributed by atoms with Crippen molar-refractivity contribution in [1.29, 1.82) is 0 Å². The molecule has 0 aliphatic carbocycles. The highest BCUT2D eigenvalue weighted by Crippen LogP contribution is 2.34. The Bertz CT molecular complexity index is 650. The molecule has 0 spiro atoms. The van der Waals surface area contributed by atoms with Gasteiger partial charge < -0.3 is 10.0 Å². The SMILES string of the molecule is CCC1CCCN1c1ccc(C(=O)O)c2ccccc12. The Kier molecular flexibility index (Phi) is 3.35. The molecule has 1 atom stereocenters. The Morgan fingerprint density at radius 2 is 2.00 bits per heavy atom. The number of fused-ring (bicyclic) bond motifs is 1. The number of carboxylic acids is 1. The van der Waals surface area contributed by atoms with E-state index in [1.54, 1.807) is 6.07 Å². The van der Waals surface area contributed by atoms with Crippen molar-refractivity contribution < 1.29 is 9.90 Å². The van der Waals surface area contributed by atoms with Crippen LogP contribution in [0.3, 0.4) is 0 Å². The highest BCUT2D eigenvalue weighted by molar-refractivity contribution is 6.08. The molecule has 1 N–H and O–H groups in total. The van der Waals surface area contributed by atoms with E-state index in [9.17, 15) is 9.90 Å². The molecule has 0 bridgehead atoms. The fraction of sp³-hybridized carbons (Fsp3) is 0.353. The summed E-state index contributed by atoms with van der Waals surface area (Å²) >= 11 is 0. The predicted octanol–water partition coefficient (Wildman–Crippen LogP) is 3.92. The zero-order chi connectivity index (χ0) is 14.1. The summed E-state index contributed by atoms with van der Waals surface area (Å²) in [7, 11) is 0. The van der Waals surface area contributed by atoms with Crippen LogP contribution in [0.1, 0.15) is 36.5 Å². The van der Waals surface area contributed by atoms with Crippen molar-refractivity contribution in [3.05, 3.63) is 42.0 Å². The number of rotatable bonds is 3. The Morgan fingerprint density at radius 1 is 1.25 bits per heavy atom. The van der Waals surface area contributed by atoms with Gasteiger partial charge in [0.25, 0.3) is 0 Å². The van der Waals surface area contributed by atoms with E-state index in [1.807, 2.05) is 30.3 Å². The van der Waals surface area contributed by atoms with Crippen molar-refractivity contribution >= 4 is 22.4 Å². The van der Waals surface area contributed by atoms with E-state index < -0.39 is 5.97 Å². The van der Waals surface area contributed by atoms with Gasteiger partial charge >= 0.3 is 5.97 Å². The first-order valence-electron chi connectivity index (χ1n) is 7.24. The van der Waals surface area contributed by atoms with Gasteiger partial charge in [0, 0.05) is 23.7 Å². The average Bonchev–Trinajstić information content (AvgIpc) is 2.94. The molecule has 1 aliphatic rings. The minimum absolute atomic E-state index is 0.386. The van der Waals surface area contributed by atoms with Crippen LogP contribution in [0.4, 0.5) is 5.69 Å². The van der Waals surface area contributed by atoms with Gasteiger partial charge in [-0.3, -0.25) is 0 Å². The Labute approximate surface area is 118 Å². The number of hydrogen-bond acceptors (Lipinski definition) is 2. The summed E-state index contributed by atoms with van der Waals surface area (Å²) in [4.78, 5) is 13.8. The van der Waals surface area contributed by atoms with Crippen LogP contribution in [0.2, 0.25) is 0 Å². The van der Waals surface area contributed by atoms with E-state index in [0.29, 0.717) is 11.6 Å². The van der Waals surface area contributed by atoms with Gasteiger partial charge in [-0.15, -0.1) is 0 Å². The normalized spacial score (nSPS) is 18.6. The molecule has 0 amide bonds. The number of anilines is 1. The lowest BCUT2D eigenvalue weighted by atomic mass is 10.0. The van der Waals surface area contributed by atoms with E-state index in [-0.39, 0.29) is 0 Å². The van der Waals surface area contributed by atoms with Crippen LogP contribution in [0.5, 0.6) is 0 Å². The topological polar surface area (TPSA) is 40.5 Å². The van der Waals surface area contributed by atoms with Crippen molar-refractivity contribution in [3.8, 4) is 0 Å². The number of nitrogens with zero attached hydrogens (tertiary/aromatic N) is 1. The largest absolute Gasteiger partial charge is 0.478 e. The second-order valence-corrected chi connectivity index (χ2v) is 5.38. The first-order chi connectivity index (χ1) is 9.72. The first kappa shape index (κ1) is 13.0. The Morgan fingerprint density at radius 3 is 2.70 bits per heavy atom. The van der Waals surface area contributed by atoms with Crippen LogP contribution in [-0.2, 0) is 0 Å². The third-order valence-corrected chi connectivity index (χ3v) is 4.29.